The van der Waals surface area contributed by atoms with E-state index >= 15 is 0 Å². The van der Waals surface area contributed by atoms with E-state index in [1.807, 2.05) is 25.1 Å². The van der Waals surface area contributed by atoms with Gasteiger partial charge in [0.2, 0.25) is 0 Å². The van der Waals surface area contributed by atoms with Gasteiger partial charge >= 0.3 is 5.97 Å². The summed E-state index contributed by atoms with van der Waals surface area (Å²) in [5.41, 5.74) is 2.94. The van der Waals surface area contributed by atoms with Crippen LogP contribution in [0.3, 0.4) is 0 Å². The molecular formula is C19H20BrClO3. The molecule has 24 heavy (non-hydrogen) atoms. The Balaban J connectivity index is 2.28. The zero-order valence-corrected chi connectivity index (χ0v) is 16.3. The van der Waals surface area contributed by atoms with Gasteiger partial charge in [-0.15, -0.1) is 0 Å². The van der Waals surface area contributed by atoms with Gasteiger partial charge in [0.15, 0.2) is 0 Å². The molecule has 0 aliphatic carbocycles. The molecule has 0 heterocycles. The second-order valence-electron chi connectivity index (χ2n) is 5.40. The number of hydrogen-bond donors (Lipinski definition) is 0. The Morgan fingerprint density at radius 2 is 1.96 bits per heavy atom. The summed E-state index contributed by atoms with van der Waals surface area (Å²) in [5, 5.41) is 0.648. The van der Waals surface area contributed by atoms with Crippen LogP contribution < -0.4 is 9.47 Å². The van der Waals surface area contributed by atoms with Gasteiger partial charge in [0.1, 0.15) is 18.1 Å². The van der Waals surface area contributed by atoms with Crippen molar-refractivity contribution in [3.05, 3.63) is 56.5 Å². The second kappa shape index (κ2) is 8.54. The van der Waals surface area contributed by atoms with Crippen molar-refractivity contribution in [3.63, 3.8) is 0 Å². The third-order valence-electron chi connectivity index (χ3n) is 3.71. The summed E-state index contributed by atoms with van der Waals surface area (Å²) in [4.78, 5) is 11.7. The van der Waals surface area contributed by atoms with E-state index in [0.29, 0.717) is 29.5 Å². The van der Waals surface area contributed by atoms with Crippen molar-refractivity contribution in [2.24, 2.45) is 0 Å². The number of rotatable bonds is 6. The average molecular weight is 412 g/mol. The zero-order valence-electron chi connectivity index (χ0n) is 14.0. The van der Waals surface area contributed by atoms with Crippen LogP contribution in [0.5, 0.6) is 11.5 Å². The van der Waals surface area contributed by atoms with Crippen LogP contribution in [-0.4, -0.2) is 5.97 Å². The van der Waals surface area contributed by atoms with Gasteiger partial charge in [0, 0.05) is 23.1 Å². The highest BCUT2D eigenvalue weighted by atomic mass is 79.9. The number of ether oxygens (including phenoxy) is 2. The van der Waals surface area contributed by atoms with Crippen molar-refractivity contribution in [3.8, 4) is 11.5 Å². The number of carbonyl (C=O) groups excluding carboxylic acids is 1. The number of aryl methyl sites for hydroxylation is 2. The molecule has 0 N–H and O–H groups in total. The number of benzene rings is 2. The SMILES string of the molecule is CCC(=O)Oc1cccc(CC)c1COc1cc(Cl)c(C)cc1Br. The number of carbonyl (C=O) groups is 1. The van der Waals surface area contributed by atoms with Crippen LogP contribution in [0.1, 0.15) is 37.0 Å². The van der Waals surface area contributed by atoms with Gasteiger partial charge in [-0.2, -0.15) is 0 Å². The Bertz CT molecular complexity index is 744. The Hall–Kier alpha value is -1.52. The van der Waals surface area contributed by atoms with Crippen molar-refractivity contribution in [1.29, 1.82) is 0 Å². The summed E-state index contributed by atoms with van der Waals surface area (Å²) >= 11 is 9.67. The minimum absolute atomic E-state index is 0.260. The first-order valence-corrected chi connectivity index (χ1v) is 9.03. The lowest BCUT2D eigenvalue weighted by Crippen LogP contribution is -2.10. The second-order valence-corrected chi connectivity index (χ2v) is 6.66. The fourth-order valence-electron chi connectivity index (χ4n) is 2.29. The summed E-state index contributed by atoms with van der Waals surface area (Å²) in [6, 6.07) is 9.40. The molecular weight excluding hydrogens is 392 g/mol. The third-order valence-corrected chi connectivity index (χ3v) is 4.74. The molecule has 0 unspecified atom stereocenters. The lowest BCUT2D eigenvalue weighted by atomic mass is 10.0. The molecule has 2 aromatic rings. The van der Waals surface area contributed by atoms with E-state index in [4.69, 9.17) is 21.1 Å². The maximum Gasteiger partial charge on any atom is 0.310 e. The molecule has 2 rings (SSSR count). The van der Waals surface area contributed by atoms with Gasteiger partial charge in [-0.25, -0.2) is 0 Å². The fraction of sp³-hybridized carbons (Fsp3) is 0.316. The molecule has 0 bridgehead atoms. The van der Waals surface area contributed by atoms with Crippen LogP contribution in [0.4, 0.5) is 0 Å². The van der Waals surface area contributed by atoms with Gasteiger partial charge in [0.05, 0.1) is 4.47 Å². The molecule has 0 aromatic heterocycles. The van der Waals surface area contributed by atoms with E-state index in [9.17, 15) is 4.79 Å². The Kier molecular flexibility index (Phi) is 6.69. The predicted octanol–water partition coefficient (Wildman–Crippen LogP) is 5.87. The standard InChI is InChI=1S/C19H20BrClO3/c1-4-13-7-6-8-17(24-19(22)5-2)14(13)11-23-18-10-16(21)12(3)9-15(18)20/h6-10H,4-5,11H2,1-3H3. The predicted molar refractivity (Wildman–Crippen MR) is 100.0 cm³/mol. The molecule has 5 heteroatoms. The molecule has 0 spiro atoms. The van der Waals surface area contributed by atoms with Gasteiger partial charge < -0.3 is 9.47 Å². The van der Waals surface area contributed by atoms with E-state index < -0.39 is 0 Å². The number of halogens is 2. The quantitative estimate of drug-likeness (QED) is 0.440. The van der Waals surface area contributed by atoms with Gasteiger partial charge in [0.25, 0.3) is 0 Å². The Morgan fingerprint density at radius 1 is 1.21 bits per heavy atom. The van der Waals surface area contributed by atoms with Crippen LogP contribution in [-0.2, 0) is 17.8 Å². The molecule has 0 aliphatic rings. The lowest BCUT2D eigenvalue weighted by Gasteiger charge is -2.16. The van der Waals surface area contributed by atoms with E-state index in [-0.39, 0.29) is 5.97 Å². The zero-order chi connectivity index (χ0) is 17.7. The molecule has 0 aliphatic heterocycles. The fourth-order valence-corrected chi connectivity index (χ4v) is 3.01. The van der Waals surface area contributed by atoms with Crippen molar-refractivity contribution < 1.29 is 14.3 Å². The molecule has 0 saturated carbocycles. The lowest BCUT2D eigenvalue weighted by molar-refractivity contribution is -0.134. The highest BCUT2D eigenvalue weighted by Gasteiger charge is 2.14. The molecule has 2 aromatic carbocycles. The minimum Gasteiger partial charge on any atom is -0.488 e. The summed E-state index contributed by atoms with van der Waals surface area (Å²) in [5.74, 6) is 0.948. The minimum atomic E-state index is -0.260. The maximum atomic E-state index is 11.7. The maximum absolute atomic E-state index is 11.7. The van der Waals surface area contributed by atoms with Crippen molar-refractivity contribution in [2.75, 3.05) is 0 Å². The Labute approximate surface area is 156 Å². The molecule has 0 radical (unpaired) electrons. The first-order valence-electron chi connectivity index (χ1n) is 7.86. The first kappa shape index (κ1) is 18.8. The smallest absolute Gasteiger partial charge is 0.310 e. The van der Waals surface area contributed by atoms with Gasteiger partial charge in [-0.3, -0.25) is 4.79 Å². The van der Waals surface area contributed by atoms with E-state index in [0.717, 1.165) is 27.6 Å². The van der Waals surface area contributed by atoms with Crippen LogP contribution in [0.15, 0.2) is 34.8 Å². The molecule has 128 valence electrons. The number of esters is 1. The summed E-state index contributed by atoms with van der Waals surface area (Å²) in [7, 11) is 0. The van der Waals surface area contributed by atoms with Gasteiger partial charge in [-0.05, 0) is 52.5 Å². The molecule has 3 nitrogen and oxygen atoms in total. The highest BCUT2D eigenvalue weighted by molar-refractivity contribution is 9.10. The summed E-state index contributed by atoms with van der Waals surface area (Å²) in [6.45, 7) is 6.07. The largest absolute Gasteiger partial charge is 0.488 e. The van der Waals surface area contributed by atoms with E-state index in [2.05, 4.69) is 22.9 Å². The molecule has 0 amide bonds. The van der Waals surface area contributed by atoms with E-state index in [1.165, 1.54) is 0 Å². The molecule has 0 saturated heterocycles. The number of hydrogen-bond acceptors (Lipinski definition) is 3. The first-order chi connectivity index (χ1) is 11.5. The van der Waals surface area contributed by atoms with Crippen LogP contribution >= 0.6 is 27.5 Å². The average Bonchev–Trinajstić information content (AvgIpc) is 2.57. The van der Waals surface area contributed by atoms with Crippen molar-refractivity contribution >= 4 is 33.5 Å². The Morgan fingerprint density at radius 3 is 2.62 bits per heavy atom. The summed E-state index contributed by atoms with van der Waals surface area (Å²) in [6.07, 6.45) is 1.15. The van der Waals surface area contributed by atoms with Crippen LogP contribution in [0, 0.1) is 6.92 Å². The van der Waals surface area contributed by atoms with Gasteiger partial charge in [-0.1, -0.05) is 37.6 Å². The normalized spacial score (nSPS) is 10.5. The summed E-state index contributed by atoms with van der Waals surface area (Å²) < 4.78 is 12.2. The van der Waals surface area contributed by atoms with Crippen LogP contribution in [0.25, 0.3) is 0 Å². The van der Waals surface area contributed by atoms with Crippen molar-refractivity contribution in [1.82, 2.24) is 0 Å². The van der Waals surface area contributed by atoms with Crippen molar-refractivity contribution in [2.45, 2.75) is 40.2 Å². The van der Waals surface area contributed by atoms with Crippen LogP contribution in [0.2, 0.25) is 5.02 Å². The monoisotopic (exact) mass is 410 g/mol. The molecule has 0 atom stereocenters. The molecule has 0 fully saturated rings. The topological polar surface area (TPSA) is 35.5 Å². The highest BCUT2D eigenvalue weighted by Crippen LogP contribution is 2.33. The third kappa shape index (κ3) is 4.52. The van der Waals surface area contributed by atoms with E-state index in [1.54, 1.807) is 19.1 Å².